The molecule has 2 amide bonds. The number of halogens is 2. The van der Waals surface area contributed by atoms with E-state index >= 15 is 0 Å². The number of carbonyl (C=O) groups is 2. The van der Waals surface area contributed by atoms with Crippen molar-refractivity contribution < 1.29 is 18.4 Å². The van der Waals surface area contributed by atoms with Gasteiger partial charge in [-0.15, -0.1) is 0 Å². The number of hydrogen-bond acceptors (Lipinski definition) is 5. The van der Waals surface area contributed by atoms with E-state index in [1.807, 2.05) is 0 Å². The topological polar surface area (TPSA) is 97.2 Å². The predicted octanol–water partition coefficient (Wildman–Crippen LogP) is 2.75. The molecular formula is C25H21F2N5O3. The van der Waals surface area contributed by atoms with Crippen LogP contribution in [0.25, 0.3) is 10.9 Å². The van der Waals surface area contributed by atoms with E-state index in [0.717, 1.165) is 33.8 Å². The zero-order valence-electron chi connectivity index (χ0n) is 19.0. The molecule has 178 valence electrons. The molecule has 0 bridgehead atoms. The van der Waals surface area contributed by atoms with Crippen LogP contribution in [0.5, 0.6) is 0 Å². The quantitative estimate of drug-likeness (QED) is 0.461. The van der Waals surface area contributed by atoms with E-state index in [1.54, 1.807) is 38.4 Å². The van der Waals surface area contributed by atoms with Gasteiger partial charge in [0.05, 0.1) is 24.0 Å². The molecule has 0 aliphatic rings. The van der Waals surface area contributed by atoms with E-state index in [-0.39, 0.29) is 24.6 Å². The fourth-order valence-corrected chi connectivity index (χ4v) is 3.50. The number of nitrogens with zero attached hydrogens (tertiary/aromatic N) is 4. The summed E-state index contributed by atoms with van der Waals surface area (Å²) in [4.78, 5) is 47.3. The van der Waals surface area contributed by atoms with E-state index in [1.165, 1.54) is 23.5 Å². The van der Waals surface area contributed by atoms with Gasteiger partial charge in [-0.05, 0) is 41.5 Å². The molecule has 2 aromatic heterocycles. The minimum absolute atomic E-state index is 0.0736. The first kappa shape index (κ1) is 23.7. The van der Waals surface area contributed by atoms with E-state index in [0.29, 0.717) is 16.6 Å². The second kappa shape index (κ2) is 9.80. The Bertz CT molecular complexity index is 1500. The highest BCUT2D eigenvalue weighted by molar-refractivity contribution is 5.97. The summed E-state index contributed by atoms with van der Waals surface area (Å²) in [6.07, 6.45) is 3.89. The Morgan fingerprint density at radius 1 is 1.00 bits per heavy atom. The van der Waals surface area contributed by atoms with Crippen LogP contribution in [0.15, 0.2) is 66.0 Å². The molecule has 10 heteroatoms. The van der Waals surface area contributed by atoms with Crippen LogP contribution in [0.2, 0.25) is 0 Å². The average molecular weight is 477 g/mol. The fraction of sp³-hybridized carbons (Fsp3) is 0.160. The number of fused-ring (bicyclic) bond motifs is 1. The second-order valence-corrected chi connectivity index (χ2v) is 8.12. The maximum Gasteiger partial charge on any atom is 0.266 e. The van der Waals surface area contributed by atoms with Crippen LogP contribution >= 0.6 is 0 Å². The standard InChI is InChI=1S/C25H21F2N5O3/c1-31(2)24(34)18-9-17-7-15(4-6-22(17)29-11-18)10-30-23(33)19-12-28-14-32(25(19)35)13-16-3-5-20(26)21(27)8-16/h3-9,11-12,14H,10,13H2,1-2H3,(H,30,33). The van der Waals surface area contributed by atoms with Crippen molar-refractivity contribution in [1.29, 1.82) is 0 Å². The Balaban J connectivity index is 1.50. The van der Waals surface area contributed by atoms with Gasteiger partial charge in [0.15, 0.2) is 11.6 Å². The molecule has 4 rings (SSSR count). The van der Waals surface area contributed by atoms with Crippen LogP contribution in [0.4, 0.5) is 8.78 Å². The molecule has 0 saturated heterocycles. The summed E-state index contributed by atoms with van der Waals surface area (Å²) in [5.74, 6) is -2.82. The summed E-state index contributed by atoms with van der Waals surface area (Å²) in [5, 5.41) is 3.42. The van der Waals surface area contributed by atoms with Crippen molar-refractivity contribution in [3.63, 3.8) is 0 Å². The van der Waals surface area contributed by atoms with Crippen molar-refractivity contribution in [2.75, 3.05) is 14.1 Å². The minimum atomic E-state index is -1.03. The van der Waals surface area contributed by atoms with Crippen LogP contribution < -0.4 is 10.9 Å². The first-order valence-electron chi connectivity index (χ1n) is 10.6. The third kappa shape index (κ3) is 5.21. The number of hydrogen-bond donors (Lipinski definition) is 1. The number of amides is 2. The summed E-state index contributed by atoms with van der Waals surface area (Å²) in [7, 11) is 3.31. The first-order valence-corrected chi connectivity index (χ1v) is 10.6. The van der Waals surface area contributed by atoms with Gasteiger partial charge in [-0.3, -0.25) is 23.9 Å². The summed E-state index contributed by atoms with van der Waals surface area (Å²) >= 11 is 0. The lowest BCUT2D eigenvalue weighted by Crippen LogP contribution is -2.33. The highest BCUT2D eigenvalue weighted by Crippen LogP contribution is 2.17. The average Bonchev–Trinajstić information content (AvgIpc) is 2.85. The molecule has 8 nitrogen and oxygen atoms in total. The summed E-state index contributed by atoms with van der Waals surface area (Å²) in [5.41, 5.74) is 1.44. The Kier molecular flexibility index (Phi) is 6.63. The molecule has 0 atom stereocenters. The van der Waals surface area contributed by atoms with E-state index in [4.69, 9.17) is 0 Å². The highest BCUT2D eigenvalue weighted by atomic mass is 19.2. The van der Waals surface area contributed by atoms with Gasteiger partial charge >= 0.3 is 0 Å². The molecule has 0 aliphatic heterocycles. The Hall–Kier alpha value is -4.47. The van der Waals surface area contributed by atoms with Crippen molar-refractivity contribution in [2.45, 2.75) is 13.1 Å². The maximum absolute atomic E-state index is 13.5. The van der Waals surface area contributed by atoms with Crippen molar-refractivity contribution in [3.05, 3.63) is 105 Å². The first-order chi connectivity index (χ1) is 16.7. The van der Waals surface area contributed by atoms with Gasteiger partial charge in [0.25, 0.3) is 17.4 Å². The van der Waals surface area contributed by atoms with Gasteiger partial charge in [-0.25, -0.2) is 13.8 Å². The van der Waals surface area contributed by atoms with E-state index < -0.39 is 23.1 Å². The third-order valence-corrected chi connectivity index (χ3v) is 5.33. The largest absolute Gasteiger partial charge is 0.348 e. The Morgan fingerprint density at radius 3 is 2.51 bits per heavy atom. The van der Waals surface area contributed by atoms with Crippen LogP contribution in [-0.2, 0) is 13.1 Å². The van der Waals surface area contributed by atoms with Crippen molar-refractivity contribution in [1.82, 2.24) is 24.8 Å². The molecule has 0 spiro atoms. The van der Waals surface area contributed by atoms with Crippen LogP contribution in [-0.4, -0.2) is 45.3 Å². The second-order valence-electron chi connectivity index (χ2n) is 8.12. The molecule has 0 radical (unpaired) electrons. The van der Waals surface area contributed by atoms with E-state index in [9.17, 15) is 23.2 Å². The van der Waals surface area contributed by atoms with Gasteiger partial charge in [0.1, 0.15) is 5.56 Å². The van der Waals surface area contributed by atoms with Crippen molar-refractivity contribution in [3.8, 4) is 0 Å². The lowest BCUT2D eigenvalue weighted by atomic mass is 10.1. The summed E-state index contributed by atoms with van der Waals surface area (Å²) in [6, 6.07) is 10.4. The normalized spacial score (nSPS) is 10.9. The molecular weight excluding hydrogens is 456 g/mol. The number of rotatable bonds is 6. The molecule has 4 aromatic rings. The molecule has 35 heavy (non-hydrogen) atoms. The number of carbonyl (C=O) groups excluding carboxylic acids is 2. The smallest absolute Gasteiger partial charge is 0.266 e. The zero-order chi connectivity index (χ0) is 25.1. The SMILES string of the molecule is CN(C)C(=O)c1cnc2ccc(CNC(=O)c3cncn(Cc4ccc(F)c(F)c4)c3=O)cc2c1. The summed E-state index contributed by atoms with van der Waals surface area (Å²) in [6.45, 7) is 0.0496. The van der Waals surface area contributed by atoms with Gasteiger partial charge < -0.3 is 10.2 Å². The molecule has 1 N–H and O–H groups in total. The van der Waals surface area contributed by atoms with E-state index in [2.05, 4.69) is 15.3 Å². The molecule has 2 aromatic carbocycles. The lowest BCUT2D eigenvalue weighted by molar-refractivity contribution is 0.0827. The molecule has 0 aliphatic carbocycles. The zero-order valence-corrected chi connectivity index (χ0v) is 19.0. The monoisotopic (exact) mass is 477 g/mol. The molecule has 2 heterocycles. The Labute approximate surface area is 198 Å². The van der Waals surface area contributed by atoms with Gasteiger partial charge in [-0.1, -0.05) is 12.1 Å². The molecule has 0 fully saturated rings. The minimum Gasteiger partial charge on any atom is -0.348 e. The van der Waals surface area contributed by atoms with Crippen molar-refractivity contribution >= 4 is 22.7 Å². The van der Waals surface area contributed by atoms with Gasteiger partial charge in [0.2, 0.25) is 0 Å². The van der Waals surface area contributed by atoms with Gasteiger partial charge in [-0.2, -0.15) is 0 Å². The number of pyridine rings is 1. The fourth-order valence-electron chi connectivity index (χ4n) is 3.50. The Morgan fingerprint density at radius 2 is 1.77 bits per heavy atom. The van der Waals surface area contributed by atoms with Crippen molar-refractivity contribution in [2.24, 2.45) is 0 Å². The highest BCUT2D eigenvalue weighted by Gasteiger charge is 2.14. The van der Waals surface area contributed by atoms with Crippen LogP contribution in [0.1, 0.15) is 31.8 Å². The lowest BCUT2D eigenvalue weighted by Gasteiger charge is -2.11. The maximum atomic E-state index is 13.5. The number of aromatic nitrogens is 3. The van der Waals surface area contributed by atoms with Crippen LogP contribution in [0, 0.1) is 11.6 Å². The molecule has 0 saturated carbocycles. The van der Waals surface area contributed by atoms with Gasteiger partial charge in [0, 0.05) is 38.4 Å². The summed E-state index contributed by atoms with van der Waals surface area (Å²) < 4.78 is 27.8. The molecule has 0 unspecified atom stereocenters. The number of benzene rings is 2. The third-order valence-electron chi connectivity index (χ3n) is 5.33. The predicted molar refractivity (Wildman–Crippen MR) is 125 cm³/mol. The van der Waals surface area contributed by atoms with Crippen LogP contribution in [0.3, 0.4) is 0 Å². The number of nitrogens with one attached hydrogen (secondary N) is 1.